The number of benzene rings is 1. The van der Waals surface area contributed by atoms with Crippen LogP contribution in [0.5, 0.6) is 0 Å². The summed E-state index contributed by atoms with van der Waals surface area (Å²) in [5.41, 5.74) is 2.47. The van der Waals surface area contributed by atoms with Gasteiger partial charge in [0, 0.05) is 18.4 Å². The zero-order chi connectivity index (χ0) is 13.4. The summed E-state index contributed by atoms with van der Waals surface area (Å²) in [4.78, 5) is 11.6. The maximum atomic E-state index is 11.6. The van der Waals surface area contributed by atoms with E-state index in [1.165, 1.54) is 0 Å². The van der Waals surface area contributed by atoms with Gasteiger partial charge in [0.1, 0.15) is 6.61 Å². The molecule has 4 heteroatoms. The molecule has 0 aliphatic rings. The van der Waals surface area contributed by atoms with Crippen molar-refractivity contribution in [2.24, 2.45) is 0 Å². The molecule has 2 N–H and O–H groups in total. The molecule has 1 aromatic carbocycles. The van der Waals surface area contributed by atoms with E-state index in [0.717, 1.165) is 16.8 Å². The Bertz CT molecular complexity index is 472. The van der Waals surface area contributed by atoms with Crippen LogP contribution in [0.3, 0.4) is 0 Å². The molecule has 1 aromatic rings. The Hall–Kier alpha value is -1.83. The van der Waals surface area contributed by atoms with Gasteiger partial charge < -0.3 is 15.2 Å². The van der Waals surface area contributed by atoms with Crippen LogP contribution in [-0.4, -0.2) is 31.3 Å². The number of rotatable bonds is 4. The molecular weight excluding hydrogens is 230 g/mol. The van der Waals surface area contributed by atoms with Gasteiger partial charge in [-0.2, -0.15) is 0 Å². The van der Waals surface area contributed by atoms with Crippen molar-refractivity contribution in [3.05, 3.63) is 29.3 Å². The summed E-state index contributed by atoms with van der Waals surface area (Å²) in [6.07, 6.45) is 0.322. The van der Waals surface area contributed by atoms with Crippen LogP contribution in [0.1, 0.15) is 17.5 Å². The van der Waals surface area contributed by atoms with E-state index in [0.29, 0.717) is 13.0 Å². The van der Waals surface area contributed by atoms with Gasteiger partial charge in [-0.1, -0.05) is 17.9 Å². The average Bonchev–Trinajstić information content (AvgIpc) is 2.37. The largest absolute Gasteiger partial charge is 0.384 e. The first kappa shape index (κ1) is 14.2. The molecular formula is C14H17NO3. The molecule has 96 valence electrons. The van der Waals surface area contributed by atoms with Crippen LogP contribution < -0.4 is 5.32 Å². The van der Waals surface area contributed by atoms with Crippen molar-refractivity contribution in [2.75, 3.05) is 25.6 Å². The number of aliphatic hydroxyl groups excluding tert-OH is 1. The Morgan fingerprint density at radius 2 is 2.28 bits per heavy atom. The number of carbonyl (C=O) groups is 1. The highest BCUT2D eigenvalue weighted by Gasteiger charge is 2.04. The third-order valence-electron chi connectivity index (χ3n) is 2.36. The first-order valence-electron chi connectivity index (χ1n) is 5.66. The van der Waals surface area contributed by atoms with E-state index in [1.807, 2.05) is 19.1 Å². The van der Waals surface area contributed by atoms with E-state index < -0.39 is 0 Å². The van der Waals surface area contributed by atoms with E-state index in [1.54, 1.807) is 13.2 Å². The van der Waals surface area contributed by atoms with Crippen LogP contribution in [0.4, 0.5) is 5.69 Å². The molecule has 0 aliphatic heterocycles. The molecule has 0 unspecified atom stereocenters. The van der Waals surface area contributed by atoms with Crippen LogP contribution in [0.2, 0.25) is 0 Å². The average molecular weight is 247 g/mol. The predicted octanol–water partition coefficient (Wildman–Crippen LogP) is 1.31. The lowest BCUT2D eigenvalue weighted by Crippen LogP contribution is -2.14. The molecule has 0 saturated heterocycles. The topological polar surface area (TPSA) is 58.6 Å². The Balaban J connectivity index is 2.77. The molecule has 0 aromatic heterocycles. The number of methoxy groups -OCH3 is 1. The van der Waals surface area contributed by atoms with Crippen molar-refractivity contribution in [3.63, 3.8) is 0 Å². The lowest BCUT2D eigenvalue weighted by atomic mass is 10.1. The van der Waals surface area contributed by atoms with Gasteiger partial charge in [-0.05, 0) is 24.6 Å². The maximum absolute atomic E-state index is 11.6. The zero-order valence-corrected chi connectivity index (χ0v) is 10.6. The standard InChI is InChI=1S/C14H17NO3/c1-11-5-6-12(4-3-8-16)10-13(11)15-14(17)7-9-18-2/h5-6,10,16H,7-9H2,1-2H3,(H,15,17). The number of nitrogens with one attached hydrogen (secondary N) is 1. The molecule has 0 heterocycles. The van der Waals surface area contributed by atoms with Gasteiger partial charge in [0.15, 0.2) is 0 Å². The Kier molecular flexibility index (Phi) is 5.92. The number of carbonyl (C=O) groups excluding carboxylic acids is 1. The SMILES string of the molecule is COCCC(=O)Nc1cc(C#CCO)ccc1C. The number of hydrogen-bond donors (Lipinski definition) is 2. The van der Waals surface area contributed by atoms with Crippen LogP contribution in [-0.2, 0) is 9.53 Å². The summed E-state index contributed by atoms with van der Waals surface area (Å²) in [6, 6.07) is 5.53. The van der Waals surface area contributed by atoms with Crippen molar-refractivity contribution in [1.82, 2.24) is 0 Å². The molecule has 0 aliphatic carbocycles. The molecule has 0 spiro atoms. The lowest BCUT2D eigenvalue weighted by molar-refractivity contribution is -0.117. The van der Waals surface area contributed by atoms with Crippen LogP contribution >= 0.6 is 0 Å². The molecule has 0 bridgehead atoms. The minimum Gasteiger partial charge on any atom is -0.384 e. The summed E-state index contributed by atoms with van der Waals surface area (Å²) >= 11 is 0. The number of hydrogen-bond acceptors (Lipinski definition) is 3. The Labute approximate surface area is 107 Å². The zero-order valence-electron chi connectivity index (χ0n) is 10.6. The number of ether oxygens (including phenoxy) is 1. The van der Waals surface area contributed by atoms with Crippen molar-refractivity contribution in [3.8, 4) is 11.8 Å². The lowest BCUT2D eigenvalue weighted by Gasteiger charge is -2.08. The second kappa shape index (κ2) is 7.49. The number of amides is 1. The molecule has 1 rings (SSSR count). The van der Waals surface area contributed by atoms with Crippen LogP contribution in [0.25, 0.3) is 0 Å². The van der Waals surface area contributed by atoms with Crippen LogP contribution in [0, 0.1) is 18.8 Å². The highest BCUT2D eigenvalue weighted by atomic mass is 16.5. The highest BCUT2D eigenvalue weighted by molar-refractivity contribution is 5.91. The molecule has 1 amide bonds. The van der Waals surface area contributed by atoms with Gasteiger partial charge in [-0.25, -0.2) is 0 Å². The van der Waals surface area contributed by atoms with E-state index in [4.69, 9.17) is 9.84 Å². The van der Waals surface area contributed by atoms with E-state index in [-0.39, 0.29) is 12.5 Å². The summed E-state index contributed by atoms with van der Waals surface area (Å²) < 4.78 is 4.85. The third-order valence-corrected chi connectivity index (χ3v) is 2.36. The number of anilines is 1. The van der Waals surface area contributed by atoms with E-state index in [2.05, 4.69) is 17.2 Å². The second-order valence-corrected chi connectivity index (χ2v) is 3.78. The van der Waals surface area contributed by atoms with Crippen LogP contribution in [0.15, 0.2) is 18.2 Å². The smallest absolute Gasteiger partial charge is 0.226 e. The number of aliphatic hydroxyl groups is 1. The molecule has 0 fully saturated rings. The Morgan fingerprint density at radius 3 is 2.94 bits per heavy atom. The fraction of sp³-hybridized carbons (Fsp3) is 0.357. The molecule has 0 radical (unpaired) electrons. The normalized spacial score (nSPS) is 9.50. The molecule has 18 heavy (non-hydrogen) atoms. The summed E-state index contributed by atoms with van der Waals surface area (Å²) in [5, 5.41) is 11.4. The number of aryl methyl sites for hydroxylation is 1. The maximum Gasteiger partial charge on any atom is 0.226 e. The first-order chi connectivity index (χ1) is 8.67. The van der Waals surface area contributed by atoms with E-state index in [9.17, 15) is 4.79 Å². The third kappa shape index (κ3) is 4.58. The van der Waals surface area contributed by atoms with Gasteiger partial charge in [0.25, 0.3) is 0 Å². The van der Waals surface area contributed by atoms with Crippen molar-refractivity contribution in [1.29, 1.82) is 0 Å². The predicted molar refractivity (Wildman–Crippen MR) is 70.3 cm³/mol. The summed E-state index contributed by atoms with van der Waals surface area (Å²) in [7, 11) is 1.56. The molecule has 0 atom stereocenters. The quantitative estimate of drug-likeness (QED) is 0.789. The van der Waals surface area contributed by atoms with Crippen molar-refractivity contribution < 1.29 is 14.6 Å². The van der Waals surface area contributed by atoms with Gasteiger partial charge in [0.2, 0.25) is 5.91 Å². The minimum atomic E-state index is -0.177. The fourth-order valence-electron chi connectivity index (χ4n) is 1.38. The van der Waals surface area contributed by atoms with Crippen molar-refractivity contribution >= 4 is 11.6 Å². The van der Waals surface area contributed by atoms with E-state index >= 15 is 0 Å². The second-order valence-electron chi connectivity index (χ2n) is 3.78. The van der Waals surface area contributed by atoms with Gasteiger partial charge in [0.05, 0.1) is 13.0 Å². The van der Waals surface area contributed by atoms with Gasteiger partial charge in [-0.3, -0.25) is 4.79 Å². The molecule has 0 saturated carbocycles. The monoisotopic (exact) mass is 247 g/mol. The first-order valence-corrected chi connectivity index (χ1v) is 5.66. The Morgan fingerprint density at radius 1 is 1.50 bits per heavy atom. The summed E-state index contributed by atoms with van der Waals surface area (Å²) in [5.74, 6) is 5.28. The highest BCUT2D eigenvalue weighted by Crippen LogP contribution is 2.16. The minimum absolute atomic E-state index is 0.0905. The fourth-order valence-corrected chi connectivity index (χ4v) is 1.38. The summed E-state index contributed by atoms with van der Waals surface area (Å²) in [6.45, 7) is 2.13. The molecule has 4 nitrogen and oxygen atoms in total. The van der Waals surface area contributed by atoms with Gasteiger partial charge in [-0.15, -0.1) is 0 Å². The van der Waals surface area contributed by atoms with Crippen molar-refractivity contribution in [2.45, 2.75) is 13.3 Å². The van der Waals surface area contributed by atoms with Gasteiger partial charge >= 0.3 is 0 Å².